The molecule has 1 atom stereocenters. The maximum Gasteiger partial charge on any atom is 0.207 e. The van der Waals surface area contributed by atoms with E-state index in [2.05, 4.69) is 0 Å². The maximum atomic E-state index is 10.4. The quantitative estimate of drug-likeness (QED) is 0.393. The summed E-state index contributed by atoms with van der Waals surface area (Å²) in [6.07, 6.45) is 0. The number of aromatic hydroxyl groups is 1. The van der Waals surface area contributed by atoms with E-state index in [0.29, 0.717) is 0 Å². The van der Waals surface area contributed by atoms with Crippen LogP contribution in [0.25, 0.3) is 0 Å². The van der Waals surface area contributed by atoms with Crippen molar-refractivity contribution in [3.05, 3.63) is 29.0 Å². The monoisotopic (exact) mass is 166 g/mol. The molecule has 5 heteroatoms. The van der Waals surface area contributed by atoms with Gasteiger partial charge in [0.1, 0.15) is 0 Å². The molecule has 1 unspecified atom stereocenters. The topological polar surface area (TPSA) is 91.8 Å². The molecule has 62 valence electrons. The van der Waals surface area contributed by atoms with Crippen LogP contribution in [0.5, 0.6) is 5.75 Å². The van der Waals surface area contributed by atoms with Crippen LogP contribution in [0.2, 0.25) is 0 Å². The second-order valence-electron chi connectivity index (χ2n) is 2.15. The van der Waals surface area contributed by atoms with Gasteiger partial charge in [0.25, 0.3) is 0 Å². The molecule has 0 aliphatic rings. The summed E-state index contributed by atoms with van der Waals surface area (Å²) in [4.78, 5) is 0. The Labute approximate surface area is 68.2 Å². The van der Waals surface area contributed by atoms with Crippen molar-refractivity contribution in [2.24, 2.45) is 0 Å². The molecule has 0 aliphatic carbocycles. The molecule has 0 aromatic heterocycles. The lowest BCUT2D eigenvalue weighted by atomic mass is 10.2. The van der Waals surface area contributed by atoms with Crippen LogP contribution in [0.1, 0.15) is 5.56 Å². The van der Waals surface area contributed by atoms with Crippen LogP contribution in [-0.2, 0) is 0 Å². The molecular weight excluding hydrogens is 160 g/mol. The number of hydrogen-bond donors (Lipinski definition) is 3. The van der Waals surface area contributed by atoms with Crippen molar-refractivity contribution in [1.29, 1.82) is 5.26 Å². The van der Waals surface area contributed by atoms with Gasteiger partial charge in [0, 0.05) is 6.07 Å². The molecule has 0 spiro atoms. The minimum Gasteiger partial charge on any atom is -0.595 e. The third-order valence-corrected chi connectivity index (χ3v) is 1.36. The van der Waals surface area contributed by atoms with Gasteiger partial charge < -0.3 is 10.3 Å². The van der Waals surface area contributed by atoms with Crippen LogP contribution in [0.4, 0.5) is 5.69 Å². The first kappa shape index (κ1) is 8.49. The summed E-state index contributed by atoms with van der Waals surface area (Å²) in [7, 11) is 0. The fourth-order valence-electron chi connectivity index (χ4n) is 0.777. The second kappa shape index (κ2) is 3.19. The normalized spacial score (nSPS) is 12.1. The van der Waals surface area contributed by atoms with Gasteiger partial charge in [-0.2, -0.15) is 10.5 Å². The van der Waals surface area contributed by atoms with E-state index >= 15 is 0 Å². The molecule has 0 fully saturated rings. The number of quaternary nitrogens is 1. The van der Waals surface area contributed by atoms with Crippen LogP contribution >= 0.6 is 0 Å². The van der Waals surface area contributed by atoms with Gasteiger partial charge in [0.15, 0.2) is 5.75 Å². The van der Waals surface area contributed by atoms with E-state index in [4.69, 9.17) is 15.6 Å². The smallest absolute Gasteiger partial charge is 0.207 e. The standard InChI is InChI=1S/C7H6N2O3/c8-4-5-1-2-7(10)6(3-5)9(11)12/h1-3,9-11H. The van der Waals surface area contributed by atoms with Crippen molar-refractivity contribution >= 4 is 5.69 Å². The third kappa shape index (κ3) is 1.52. The summed E-state index contributed by atoms with van der Waals surface area (Å²) in [6.45, 7) is 0. The predicted molar refractivity (Wildman–Crippen MR) is 38.6 cm³/mol. The van der Waals surface area contributed by atoms with Crippen molar-refractivity contribution in [2.75, 3.05) is 0 Å². The molecule has 0 radical (unpaired) electrons. The second-order valence-corrected chi connectivity index (χ2v) is 2.15. The first-order chi connectivity index (χ1) is 5.65. The molecule has 0 heterocycles. The zero-order chi connectivity index (χ0) is 9.14. The predicted octanol–water partition coefficient (Wildman–Crippen LogP) is -0.333. The zero-order valence-electron chi connectivity index (χ0n) is 5.98. The van der Waals surface area contributed by atoms with E-state index in [-0.39, 0.29) is 17.0 Å². The Kier molecular flexibility index (Phi) is 2.26. The Hall–Kier alpha value is -1.61. The van der Waals surface area contributed by atoms with Crippen LogP contribution in [-0.4, -0.2) is 10.3 Å². The van der Waals surface area contributed by atoms with Gasteiger partial charge >= 0.3 is 0 Å². The average molecular weight is 166 g/mol. The summed E-state index contributed by atoms with van der Waals surface area (Å²) in [5, 5.41) is 35.1. The number of phenolic OH excluding ortho intramolecular Hbond substituents is 1. The molecule has 0 saturated carbocycles. The molecule has 1 aromatic carbocycles. The van der Waals surface area contributed by atoms with E-state index in [1.807, 2.05) is 0 Å². The van der Waals surface area contributed by atoms with Gasteiger partial charge in [-0.3, -0.25) is 0 Å². The zero-order valence-corrected chi connectivity index (χ0v) is 5.98. The number of rotatable bonds is 1. The molecule has 1 aromatic rings. The van der Waals surface area contributed by atoms with Gasteiger partial charge in [0.2, 0.25) is 5.69 Å². The molecule has 12 heavy (non-hydrogen) atoms. The van der Waals surface area contributed by atoms with Gasteiger partial charge in [0.05, 0.1) is 11.6 Å². The van der Waals surface area contributed by atoms with Crippen molar-refractivity contribution in [3.8, 4) is 11.8 Å². The molecule has 3 N–H and O–H groups in total. The van der Waals surface area contributed by atoms with Crippen molar-refractivity contribution < 1.29 is 15.5 Å². The molecule has 1 rings (SSSR count). The van der Waals surface area contributed by atoms with E-state index in [0.717, 1.165) is 6.07 Å². The number of hydrogen-bond acceptors (Lipinski definition) is 4. The summed E-state index contributed by atoms with van der Waals surface area (Å²) < 4.78 is 0. The minimum absolute atomic E-state index is 0.213. The van der Waals surface area contributed by atoms with Crippen molar-refractivity contribution in [1.82, 2.24) is 0 Å². The van der Waals surface area contributed by atoms with Crippen LogP contribution in [0.3, 0.4) is 0 Å². The highest BCUT2D eigenvalue weighted by Crippen LogP contribution is 2.19. The Morgan fingerprint density at radius 3 is 2.67 bits per heavy atom. The van der Waals surface area contributed by atoms with Gasteiger partial charge in [-0.25, -0.2) is 5.21 Å². The Balaban J connectivity index is 3.19. The van der Waals surface area contributed by atoms with E-state index in [9.17, 15) is 5.21 Å². The summed E-state index contributed by atoms with van der Waals surface area (Å²) in [5.74, 6) is -0.332. The lowest BCUT2D eigenvalue weighted by Gasteiger charge is -2.12. The summed E-state index contributed by atoms with van der Waals surface area (Å²) in [5.41, 5.74) is -0.0424. The molecule has 0 amide bonds. The third-order valence-electron chi connectivity index (χ3n) is 1.36. The van der Waals surface area contributed by atoms with Gasteiger partial charge in [-0.05, 0) is 12.1 Å². The highest BCUT2D eigenvalue weighted by molar-refractivity contribution is 5.50. The SMILES string of the molecule is N#Cc1ccc(O)c([NH+]([O-])O)c1. The van der Waals surface area contributed by atoms with Crippen molar-refractivity contribution in [3.63, 3.8) is 0 Å². The van der Waals surface area contributed by atoms with Crippen LogP contribution in [0, 0.1) is 16.5 Å². The fourth-order valence-corrected chi connectivity index (χ4v) is 0.777. The Morgan fingerprint density at radius 2 is 2.17 bits per heavy atom. The molecule has 0 saturated heterocycles. The van der Waals surface area contributed by atoms with E-state index in [1.54, 1.807) is 6.07 Å². The number of nitrogens with zero attached hydrogens (tertiary/aromatic N) is 1. The Bertz CT molecular complexity index is 330. The maximum absolute atomic E-state index is 10.4. The number of benzene rings is 1. The minimum atomic E-state index is -1.25. The summed E-state index contributed by atoms with van der Waals surface area (Å²) >= 11 is 0. The molecular formula is C7H6N2O3. The molecule has 0 bridgehead atoms. The van der Waals surface area contributed by atoms with E-state index < -0.39 is 5.23 Å². The number of nitrogens with one attached hydrogen (secondary N) is 1. The summed E-state index contributed by atoms with van der Waals surface area (Å²) in [6, 6.07) is 5.43. The number of nitriles is 1. The first-order valence-electron chi connectivity index (χ1n) is 3.11. The lowest BCUT2D eigenvalue weighted by Crippen LogP contribution is -2.99. The van der Waals surface area contributed by atoms with Crippen LogP contribution in [0.15, 0.2) is 18.2 Å². The lowest BCUT2D eigenvalue weighted by molar-refractivity contribution is -0.991. The highest BCUT2D eigenvalue weighted by atomic mass is 16.8. The average Bonchev–Trinajstić information content (AvgIpc) is 2.05. The largest absolute Gasteiger partial charge is 0.595 e. The van der Waals surface area contributed by atoms with Crippen LogP contribution < -0.4 is 5.23 Å². The Morgan fingerprint density at radius 1 is 1.50 bits per heavy atom. The highest BCUT2D eigenvalue weighted by Gasteiger charge is 2.08. The number of phenols is 1. The molecule has 0 aliphatic heterocycles. The van der Waals surface area contributed by atoms with Crippen molar-refractivity contribution in [2.45, 2.75) is 0 Å². The van der Waals surface area contributed by atoms with Gasteiger partial charge in [-0.15, -0.1) is 0 Å². The first-order valence-corrected chi connectivity index (χ1v) is 3.11. The van der Waals surface area contributed by atoms with E-state index in [1.165, 1.54) is 12.1 Å². The fraction of sp³-hybridized carbons (Fsp3) is 0. The molecule has 5 nitrogen and oxygen atoms in total. The van der Waals surface area contributed by atoms with Gasteiger partial charge in [-0.1, -0.05) is 0 Å².